The Kier molecular flexibility index (Phi) is 12.0. The van der Waals surface area contributed by atoms with Gasteiger partial charge in [0.1, 0.15) is 12.6 Å². The summed E-state index contributed by atoms with van der Waals surface area (Å²) in [6, 6.07) is 18.1. The van der Waals surface area contributed by atoms with Gasteiger partial charge in [0.25, 0.3) is 10.0 Å². The first kappa shape index (κ1) is 33.5. The third kappa shape index (κ3) is 8.28. The van der Waals surface area contributed by atoms with Crippen molar-refractivity contribution in [3.63, 3.8) is 0 Å². The fourth-order valence-corrected chi connectivity index (χ4v) is 6.17. The van der Waals surface area contributed by atoms with Crippen LogP contribution in [-0.4, -0.2) is 58.5 Å². The number of rotatable bonds is 15. The zero-order chi connectivity index (χ0) is 31.6. The second-order valence-electron chi connectivity index (χ2n) is 10.4. The highest BCUT2D eigenvalue weighted by Gasteiger charge is 2.34. The van der Waals surface area contributed by atoms with Crippen molar-refractivity contribution in [3.05, 3.63) is 83.4 Å². The van der Waals surface area contributed by atoms with Gasteiger partial charge < -0.3 is 19.7 Å². The normalized spacial score (nSPS) is 11.9. The Labute approximate surface area is 255 Å². The number of benzene rings is 3. The predicted octanol–water partition coefficient (Wildman–Crippen LogP) is 5.24. The summed E-state index contributed by atoms with van der Waals surface area (Å²) < 4.78 is 40.1. The summed E-state index contributed by atoms with van der Waals surface area (Å²) in [6.07, 6.45) is 2.10. The van der Waals surface area contributed by atoms with Gasteiger partial charge in [-0.15, -0.1) is 0 Å². The molecule has 0 saturated carbocycles. The lowest BCUT2D eigenvalue weighted by Crippen LogP contribution is -2.52. The van der Waals surface area contributed by atoms with Gasteiger partial charge in [-0.2, -0.15) is 0 Å². The quantitative estimate of drug-likeness (QED) is 0.236. The minimum atomic E-state index is -4.25. The van der Waals surface area contributed by atoms with Gasteiger partial charge >= 0.3 is 0 Å². The van der Waals surface area contributed by atoms with Crippen molar-refractivity contribution in [2.45, 2.75) is 64.4 Å². The van der Waals surface area contributed by atoms with Crippen LogP contribution in [-0.2, 0) is 26.2 Å². The number of hydrogen-bond donors (Lipinski definition) is 1. The topological polar surface area (TPSA) is 105 Å². The molecule has 1 atom stereocenters. The molecule has 10 heteroatoms. The van der Waals surface area contributed by atoms with Gasteiger partial charge in [-0.05, 0) is 62.1 Å². The zero-order valence-electron chi connectivity index (χ0n) is 25.9. The molecule has 0 fully saturated rings. The molecule has 0 aliphatic carbocycles. The number of methoxy groups -OCH3 is 2. The summed E-state index contributed by atoms with van der Waals surface area (Å²) in [7, 11) is -1.36. The molecular weight excluding hydrogens is 566 g/mol. The van der Waals surface area contributed by atoms with E-state index < -0.39 is 28.5 Å². The van der Waals surface area contributed by atoms with E-state index in [-0.39, 0.29) is 23.1 Å². The lowest BCUT2D eigenvalue weighted by atomic mass is 10.1. The second-order valence-corrected chi connectivity index (χ2v) is 12.2. The Hall–Kier alpha value is -4.05. The van der Waals surface area contributed by atoms with Gasteiger partial charge in [-0.1, -0.05) is 62.2 Å². The molecule has 3 aromatic carbocycles. The number of sulfonamides is 1. The highest BCUT2D eigenvalue weighted by Crippen LogP contribution is 2.32. The van der Waals surface area contributed by atoms with Gasteiger partial charge in [-0.3, -0.25) is 13.9 Å². The highest BCUT2D eigenvalue weighted by molar-refractivity contribution is 7.92. The number of nitrogens with one attached hydrogen (secondary N) is 1. The van der Waals surface area contributed by atoms with E-state index in [1.54, 1.807) is 24.3 Å². The van der Waals surface area contributed by atoms with Crippen molar-refractivity contribution < 1.29 is 27.5 Å². The van der Waals surface area contributed by atoms with E-state index in [0.717, 1.165) is 33.8 Å². The minimum absolute atomic E-state index is 0.0617. The first-order valence-electron chi connectivity index (χ1n) is 14.5. The molecule has 0 bridgehead atoms. The number of carbonyl (C=O) groups is 2. The number of anilines is 1. The van der Waals surface area contributed by atoms with E-state index in [1.165, 1.54) is 37.3 Å². The fourth-order valence-electron chi connectivity index (χ4n) is 4.74. The summed E-state index contributed by atoms with van der Waals surface area (Å²) in [6.45, 7) is 7.88. The zero-order valence-corrected chi connectivity index (χ0v) is 26.7. The maximum absolute atomic E-state index is 14.2. The van der Waals surface area contributed by atoms with Crippen molar-refractivity contribution in [3.8, 4) is 11.5 Å². The van der Waals surface area contributed by atoms with E-state index in [0.29, 0.717) is 24.4 Å². The monoisotopic (exact) mass is 609 g/mol. The molecule has 43 heavy (non-hydrogen) atoms. The van der Waals surface area contributed by atoms with Crippen molar-refractivity contribution in [1.82, 2.24) is 10.2 Å². The molecule has 0 radical (unpaired) electrons. The van der Waals surface area contributed by atoms with E-state index in [1.807, 2.05) is 52.0 Å². The number of amides is 2. The van der Waals surface area contributed by atoms with Crippen LogP contribution in [0.3, 0.4) is 0 Å². The average molecular weight is 610 g/mol. The molecule has 0 aromatic heterocycles. The van der Waals surface area contributed by atoms with Crippen molar-refractivity contribution in [1.29, 1.82) is 0 Å². The summed E-state index contributed by atoms with van der Waals surface area (Å²) in [5.41, 5.74) is 3.11. The summed E-state index contributed by atoms with van der Waals surface area (Å²) in [5, 5.41) is 2.95. The predicted molar refractivity (Wildman–Crippen MR) is 169 cm³/mol. The maximum Gasteiger partial charge on any atom is 0.264 e. The van der Waals surface area contributed by atoms with Crippen molar-refractivity contribution >= 4 is 27.5 Å². The number of carbonyl (C=O) groups excluding carboxylic acids is 2. The van der Waals surface area contributed by atoms with Crippen LogP contribution in [0.15, 0.2) is 71.6 Å². The number of nitrogens with zero attached hydrogens (tertiary/aromatic N) is 2. The van der Waals surface area contributed by atoms with Crippen LogP contribution in [0.4, 0.5) is 5.69 Å². The number of ether oxygens (including phenoxy) is 2. The molecule has 3 rings (SSSR count). The molecule has 2 amide bonds. The SMILES string of the molecule is CCCCNC(=O)[C@H](CC)N(Cc1ccccc1C)C(=O)CN(c1ccc(C)cc1)S(=O)(=O)c1ccc(OC)c(OC)c1. The van der Waals surface area contributed by atoms with Crippen LogP contribution in [0.25, 0.3) is 0 Å². The van der Waals surface area contributed by atoms with Crippen LogP contribution >= 0.6 is 0 Å². The second kappa shape index (κ2) is 15.4. The van der Waals surface area contributed by atoms with E-state index in [4.69, 9.17) is 9.47 Å². The summed E-state index contributed by atoms with van der Waals surface area (Å²) in [5.74, 6) is -0.133. The van der Waals surface area contributed by atoms with Crippen molar-refractivity contribution in [2.75, 3.05) is 31.6 Å². The molecule has 3 aromatic rings. The van der Waals surface area contributed by atoms with Gasteiger partial charge in [0.15, 0.2) is 11.5 Å². The third-order valence-corrected chi connectivity index (χ3v) is 9.13. The maximum atomic E-state index is 14.2. The average Bonchev–Trinajstić information content (AvgIpc) is 3.00. The largest absolute Gasteiger partial charge is 0.493 e. The Balaban J connectivity index is 2.08. The van der Waals surface area contributed by atoms with E-state index in [9.17, 15) is 18.0 Å². The first-order valence-corrected chi connectivity index (χ1v) is 15.9. The molecule has 0 aliphatic rings. The van der Waals surface area contributed by atoms with Crippen LogP contribution in [0.5, 0.6) is 11.5 Å². The molecule has 1 N–H and O–H groups in total. The number of aryl methyl sites for hydroxylation is 2. The molecule has 0 heterocycles. The first-order chi connectivity index (χ1) is 20.6. The Morgan fingerprint density at radius 2 is 1.58 bits per heavy atom. The van der Waals surface area contributed by atoms with Gasteiger partial charge in [0.05, 0.1) is 24.8 Å². The Morgan fingerprint density at radius 1 is 0.907 bits per heavy atom. The van der Waals surface area contributed by atoms with Gasteiger partial charge in [-0.25, -0.2) is 8.42 Å². The van der Waals surface area contributed by atoms with Crippen LogP contribution < -0.4 is 19.1 Å². The van der Waals surface area contributed by atoms with Crippen molar-refractivity contribution in [2.24, 2.45) is 0 Å². The van der Waals surface area contributed by atoms with Crippen LogP contribution in [0, 0.1) is 13.8 Å². The highest BCUT2D eigenvalue weighted by atomic mass is 32.2. The molecule has 0 unspecified atom stereocenters. The summed E-state index contributed by atoms with van der Waals surface area (Å²) >= 11 is 0. The minimum Gasteiger partial charge on any atom is -0.493 e. The van der Waals surface area contributed by atoms with E-state index >= 15 is 0 Å². The van der Waals surface area contributed by atoms with E-state index in [2.05, 4.69) is 5.32 Å². The molecule has 9 nitrogen and oxygen atoms in total. The fraction of sp³-hybridized carbons (Fsp3) is 0.394. The smallest absolute Gasteiger partial charge is 0.264 e. The van der Waals surface area contributed by atoms with Gasteiger partial charge in [0.2, 0.25) is 11.8 Å². The van der Waals surface area contributed by atoms with Gasteiger partial charge in [0, 0.05) is 19.2 Å². The number of hydrogen-bond acceptors (Lipinski definition) is 6. The Morgan fingerprint density at radius 3 is 2.19 bits per heavy atom. The molecule has 0 saturated heterocycles. The molecule has 0 spiro atoms. The van der Waals surface area contributed by atoms with Crippen LogP contribution in [0.2, 0.25) is 0 Å². The lowest BCUT2D eigenvalue weighted by Gasteiger charge is -2.33. The summed E-state index contributed by atoms with van der Waals surface area (Å²) in [4.78, 5) is 29.0. The van der Waals surface area contributed by atoms with Crippen LogP contribution in [0.1, 0.15) is 49.8 Å². The Bertz CT molecular complexity index is 1490. The standard InChI is InChI=1S/C33H43N3O6S/c1-7-9-20-34-33(38)29(8-2)35(22-26-13-11-10-12-25(26)4)32(37)23-36(27-16-14-24(3)15-17-27)43(39,40)28-18-19-30(41-5)31(21-28)42-6/h10-19,21,29H,7-9,20,22-23H2,1-6H3,(H,34,38)/t29-/m0/s1. The number of unbranched alkanes of at least 4 members (excludes halogenated alkanes) is 1. The molecular formula is C33H43N3O6S. The molecule has 0 aliphatic heterocycles. The molecule has 232 valence electrons. The lowest BCUT2D eigenvalue weighted by molar-refractivity contribution is -0.140. The third-order valence-electron chi connectivity index (χ3n) is 7.36.